The van der Waals surface area contributed by atoms with E-state index in [0.717, 1.165) is 9.55 Å². The molecule has 2 aromatic heterocycles. The predicted molar refractivity (Wildman–Crippen MR) is 58.9 cm³/mol. The Morgan fingerprint density at radius 3 is 2.79 bits per heavy atom. The van der Waals surface area contributed by atoms with E-state index in [1.807, 2.05) is 12.3 Å². The number of halogens is 1. The van der Waals surface area contributed by atoms with E-state index in [9.17, 15) is 4.79 Å². The van der Waals surface area contributed by atoms with Crippen LogP contribution < -0.4 is 0 Å². The molecule has 0 aromatic carbocycles. The Bertz CT molecular complexity index is 428. The van der Waals surface area contributed by atoms with Crippen molar-refractivity contribution in [3.8, 4) is 0 Å². The molecule has 14 heavy (non-hydrogen) atoms. The highest BCUT2D eigenvalue weighted by Gasteiger charge is 2.13. The number of aryl methyl sites for hydroxylation is 1. The topological polar surface area (TPSA) is 30.2 Å². The zero-order valence-electron chi connectivity index (χ0n) is 7.41. The van der Waals surface area contributed by atoms with Crippen molar-refractivity contribution in [3.05, 3.63) is 44.4 Å². The van der Waals surface area contributed by atoms with Crippen molar-refractivity contribution in [1.82, 2.24) is 0 Å². The van der Waals surface area contributed by atoms with Gasteiger partial charge in [0.05, 0.1) is 3.79 Å². The molecular weight excluding hydrogens is 264 g/mol. The van der Waals surface area contributed by atoms with Gasteiger partial charge in [0.25, 0.3) is 0 Å². The number of rotatable bonds is 2. The molecule has 0 N–H and O–H groups in total. The quantitative estimate of drug-likeness (QED) is 0.780. The van der Waals surface area contributed by atoms with Gasteiger partial charge in [0.2, 0.25) is 5.78 Å². The second-order valence-corrected chi connectivity index (χ2v) is 5.17. The van der Waals surface area contributed by atoms with Crippen LogP contribution in [0.25, 0.3) is 0 Å². The zero-order valence-corrected chi connectivity index (χ0v) is 9.81. The van der Waals surface area contributed by atoms with Crippen molar-refractivity contribution in [2.24, 2.45) is 0 Å². The van der Waals surface area contributed by atoms with Crippen molar-refractivity contribution in [1.29, 1.82) is 0 Å². The number of ketones is 1. The molecule has 0 unspecified atom stereocenters. The van der Waals surface area contributed by atoms with Gasteiger partial charge < -0.3 is 4.42 Å². The number of hydrogen-bond acceptors (Lipinski definition) is 3. The summed E-state index contributed by atoms with van der Waals surface area (Å²) < 4.78 is 6.20. The van der Waals surface area contributed by atoms with Crippen molar-refractivity contribution < 1.29 is 9.21 Å². The summed E-state index contributed by atoms with van der Waals surface area (Å²) >= 11 is 4.80. The highest BCUT2D eigenvalue weighted by Crippen LogP contribution is 2.23. The minimum absolute atomic E-state index is 0.0694. The lowest BCUT2D eigenvalue weighted by Crippen LogP contribution is -1.96. The number of carbonyl (C=O) groups excluding carboxylic acids is 1. The number of thiophene rings is 1. The third kappa shape index (κ3) is 1.81. The van der Waals surface area contributed by atoms with E-state index in [1.165, 1.54) is 11.3 Å². The molecule has 0 amide bonds. The van der Waals surface area contributed by atoms with Gasteiger partial charge in [-0.05, 0) is 41.1 Å². The van der Waals surface area contributed by atoms with E-state index in [4.69, 9.17) is 4.42 Å². The van der Waals surface area contributed by atoms with Gasteiger partial charge in [-0.2, -0.15) is 0 Å². The van der Waals surface area contributed by atoms with Gasteiger partial charge in [0.1, 0.15) is 5.76 Å². The molecular formula is C10H7BrO2S. The van der Waals surface area contributed by atoms with Crippen LogP contribution in [0.5, 0.6) is 0 Å². The normalized spacial score (nSPS) is 10.4. The molecule has 72 valence electrons. The third-order valence-corrected chi connectivity index (χ3v) is 3.30. The number of hydrogen-bond donors (Lipinski definition) is 0. The summed E-state index contributed by atoms with van der Waals surface area (Å²) in [5, 5.41) is 1.81. The SMILES string of the molecule is Cc1ccc(C(=O)c2csc(Br)c2)o1. The van der Waals surface area contributed by atoms with Gasteiger partial charge in [0.15, 0.2) is 5.76 Å². The minimum atomic E-state index is -0.0694. The Labute approximate surface area is 93.7 Å². The summed E-state index contributed by atoms with van der Waals surface area (Å²) in [6.45, 7) is 1.82. The Morgan fingerprint density at radius 2 is 2.29 bits per heavy atom. The van der Waals surface area contributed by atoms with Crippen LogP contribution in [0.3, 0.4) is 0 Å². The fourth-order valence-electron chi connectivity index (χ4n) is 1.13. The van der Waals surface area contributed by atoms with Crippen LogP contribution in [0, 0.1) is 6.92 Å². The maximum Gasteiger partial charge on any atom is 0.229 e. The van der Waals surface area contributed by atoms with Crippen molar-refractivity contribution >= 4 is 33.0 Å². The molecule has 0 saturated carbocycles. The molecule has 2 aromatic rings. The third-order valence-electron chi connectivity index (χ3n) is 1.79. The van der Waals surface area contributed by atoms with E-state index in [1.54, 1.807) is 18.2 Å². The second kappa shape index (κ2) is 3.71. The molecule has 0 fully saturated rings. The molecule has 0 aliphatic carbocycles. The summed E-state index contributed by atoms with van der Waals surface area (Å²) in [6.07, 6.45) is 0. The summed E-state index contributed by atoms with van der Waals surface area (Å²) in [7, 11) is 0. The van der Waals surface area contributed by atoms with Crippen molar-refractivity contribution in [3.63, 3.8) is 0 Å². The Morgan fingerprint density at radius 1 is 1.50 bits per heavy atom. The van der Waals surface area contributed by atoms with Crippen LogP contribution in [-0.4, -0.2) is 5.78 Å². The van der Waals surface area contributed by atoms with E-state index in [0.29, 0.717) is 11.3 Å². The molecule has 2 rings (SSSR count). The van der Waals surface area contributed by atoms with Gasteiger partial charge in [0, 0.05) is 10.9 Å². The van der Waals surface area contributed by atoms with E-state index in [2.05, 4.69) is 15.9 Å². The summed E-state index contributed by atoms with van der Waals surface area (Å²) in [5.74, 6) is 1.08. The lowest BCUT2D eigenvalue weighted by molar-refractivity contribution is 0.101. The molecule has 2 heterocycles. The van der Waals surface area contributed by atoms with Gasteiger partial charge in [-0.1, -0.05) is 0 Å². The smallest absolute Gasteiger partial charge is 0.229 e. The average Bonchev–Trinajstić information content (AvgIpc) is 2.73. The molecule has 0 aliphatic heterocycles. The van der Waals surface area contributed by atoms with Crippen LogP contribution in [-0.2, 0) is 0 Å². The van der Waals surface area contributed by atoms with E-state index in [-0.39, 0.29) is 5.78 Å². The molecule has 0 aliphatic rings. The van der Waals surface area contributed by atoms with E-state index < -0.39 is 0 Å². The molecule has 0 spiro atoms. The first-order chi connectivity index (χ1) is 6.66. The molecule has 4 heteroatoms. The molecule has 0 atom stereocenters. The first-order valence-corrected chi connectivity index (χ1v) is 5.69. The first kappa shape index (κ1) is 9.68. The van der Waals surface area contributed by atoms with Crippen LogP contribution in [0.2, 0.25) is 0 Å². The number of furan rings is 1. The highest BCUT2D eigenvalue weighted by molar-refractivity contribution is 9.11. The Hall–Kier alpha value is -0.870. The van der Waals surface area contributed by atoms with Crippen molar-refractivity contribution in [2.75, 3.05) is 0 Å². The number of carbonyl (C=O) groups is 1. The molecule has 0 bridgehead atoms. The lowest BCUT2D eigenvalue weighted by Gasteiger charge is -1.91. The molecule has 0 saturated heterocycles. The molecule has 2 nitrogen and oxygen atoms in total. The van der Waals surface area contributed by atoms with Gasteiger partial charge in [-0.3, -0.25) is 4.79 Å². The van der Waals surface area contributed by atoms with Gasteiger partial charge in [-0.15, -0.1) is 11.3 Å². The van der Waals surface area contributed by atoms with Crippen LogP contribution in [0.15, 0.2) is 31.8 Å². The monoisotopic (exact) mass is 270 g/mol. The maximum atomic E-state index is 11.8. The second-order valence-electron chi connectivity index (χ2n) is 2.88. The Balaban J connectivity index is 2.33. The maximum absolute atomic E-state index is 11.8. The zero-order chi connectivity index (χ0) is 10.1. The summed E-state index contributed by atoms with van der Waals surface area (Å²) in [6, 6.07) is 5.28. The fourth-order valence-corrected chi connectivity index (χ4v) is 2.26. The van der Waals surface area contributed by atoms with E-state index >= 15 is 0 Å². The van der Waals surface area contributed by atoms with Gasteiger partial charge in [-0.25, -0.2) is 0 Å². The molecule has 0 radical (unpaired) electrons. The van der Waals surface area contributed by atoms with Crippen molar-refractivity contribution in [2.45, 2.75) is 6.92 Å². The first-order valence-electron chi connectivity index (χ1n) is 4.02. The fraction of sp³-hybridized carbons (Fsp3) is 0.100. The largest absolute Gasteiger partial charge is 0.458 e. The standard InChI is InChI=1S/C10H7BrO2S/c1-6-2-3-8(13-6)10(12)7-4-9(11)14-5-7/h2-5H,1H3. The minimum Gasteiger partial charge on any atom is -0.458 e. The summed E-state index contributed by atoms with van der Waals surface area (Å²) in [5.41, 5.74) is 0.663. The lowest BCUT2D eigenvalue weighted by atomic mass is 10.2. The van der Waals surface area contributed by atoms with Crippen LogP contribution >= 0.6 is 27.3 Å². The van der Waals surface area contributed by atoms with Gasteiger partial charge >= 0.3 is 0 Å². The highest BCUT2D eigenvalue weighted by atomic mass is 79.9. The Kier molecular flexibility index (Phi) is 2.56. The van der Waals surface area contributed by atoms with Crippen LogP contribution in [0.4, 0.5) is 0 Å². The van der Waals surface area contributed by atoms with Crippen LogP contribution in [0.1, 0.15) is 21.9 Å². The average molecular weight is 271 g/mol. The predicted octanol–water partition coefficient (Wildman–Crippen LogP) is 3.64. The summed E-state index contributed by atoms with van der Waals surface area (Å²) in [4.78, 5) is 11.8.